The zero-order valence-corrected chi connectivity index (χ0v) is 16.5. The quantitative estimate of drug-likeness (QED) is 0.602. The molecule has 0 saturated heterocycles. The molecule has 1 N–H and O–H groups in total. The molecule has 4 nitrogen and oxygen atoms in total. The van der Waals surface area contributed by atoms with Crippen molar-refractivity contribution in [1.29, 1.82) is 0 Å². The van der Waals surface area contributed by atoms with Crippen LogP contribution in [-0.4, -0.2) is 11.9 Å². The van der Waals surface area contributed by atoms with Crippen molar-refractivity contribution in [3.8, 4) is 0 Å². The number of rotatable bonds is 4. The Morgan fingerprint density at radius 1 is 1.00 bits per heavy atom. The van der Waals surface area contributed by atoms with Gasteiger partial charge in [0.2, 0.25) is 0 Å². The normalized spacial score (nSPS) is 15.6. The van der Waals surface area contributed by atoms with E-state index in [0.29, 0.717) is 23.5 Å². The average Bonchev–Trinajstić information content (AvgIpc) is 2.74. The van der Waals surface area contributed by atoms with Gasteiger partial charge < -0.3 is 10.1 Å². The van der Waals surface area contributed by atoms with Gasteiger partial charge in [0.1, 0.15) is 6.10 Å². The molecule has 3 aromatic carbocycles. The summed E-state index contributed by atoms with van der Waals surface area (Å²) < 4.78 is 5.59. The molecule has 4 rings (SSSR count). The van der Waals surface area contributed by atoms with Gasteiger partial charge in [0.15, 0.2) is 0 Å². The molecule has 0 radical (unpaired) electrons. The Morgan fingerprint density at radius 3 is 2.41 bits per heavy atom. The molecular weight excluding hydrogens is 362 g/mol. The first kappa shape index (κ1) is 18.9. The lowest BCUT2D eigenvalue weighted by molar-refractivity contribution is 0.0252. The van der Waals surface area contributed by atoms with Crippen LogP contribution in [0.15, 0.2) is 72.8 Å². The van der Waals surface area contributed by atoms with E-state index in [0.717, 1.165) is 16.8 Å². The molecule has 0 bridgehead atoms. The van der Waals surface area contributed by atoms with Crippen LogP contribution in [0.5, 0.6) is 0 Å². The Bertz CT molecular complexity index is 1040. The highest BCUT2D eigenvalue weighted by atomic mass is 16.5. The molecule has 1 aliphatic heterocycles. The summed E-state index contributed by atoms with van der Waals surface area (Å²) in [5, 5.41) is 2.93. The van der Waals surface area contributed by atoms with Gasteiger partial charge in [0.05, 0.1) is 5.56 Å². The van der Waals surface area contributed by atoms with Crippen LogP contribution in [0.4, 0.5) is 5.69 Å². The van der Waals surface area contributed by atoms with Gasteiger partial charge in [0.25, 0.3) is 5.91 Å². The molecule has 1 unspecified atom stereocenters. The Kier molecular flexibility index (Phi) is 5.17. The van der Waals surface area contributed by atoms with E-state index in [9.17, 15) is 9.59 Å². The molecule has 0 saturated carbocycles. The zero-order valence-electron chi connectivity index (χ0n) is 16.5. The van der Waals surface area contributed by atoms with Crippen LogP contribution in [0, 0.1) is 0 Å². The van der Waals surface area contributed by atoms with Gasteiger partial charge in [-0.05, 0) is 52.9 Å². The molecule has 3 aromatic rings. The van der Waals surface area contributed by atoms with Gasteiger partial charge in [-0.3, -0.25) is 4.79 Å². The zero-order chi connectivity index (χ0) is 20.4. The van der Waals surface area contributed by atoms with Gasteiger partial charge in [-0.1, -0.05) is 56.3 Å². The molecule has 4 heteroatoms. The second-order valence-corrected chi connectivity index (χ2v) is 7.61. The van der Waals surface area contributed by atoms with Crippen LogP contribution in [0.3, 0.4) is 0 Å². The van der Waals surface area contributed by atoms with Crippen molar-refractivity contribution in [2.45, 2.75) is 32.3 Å². The van der Waals surface area contributed by atoms with Crippen LogP contribution in [0.25, 0.3) is 0 Å². The number of cyclic esters (lactones) is 1. The molecule has 0 spiro atoms. The summed E-state index contributed by atoms with van der Waals surface area (Å²) in [5.41, 5.74) is 4.80. The maximum Gasteiger partial charge on any atom is 0.339 e. The van der Waals surface area contributed by atoms with Crippen LogP contribution >= 0.6 is 0 Å². The molecule has 0 aromatic heterocycles. The monoisotopic (exact) mass is 385 g/mol. The molecule has 1 amide bonds. The molecule has 29 heavy (non-hydrogen) atoms. The molecule has 1 heterocycles. The third-order valence-electron chi connectivity index (χ3n) is 5.25. The highest BCUT2D eigenvalue weighted by Crippen LogP contribution is 2.31. The number of fused-ring (bicyclic) bond motifs is 1. The maximum atomic E-state index is 12.7. The number of amides is 1. The molecular formula is C25H23NO3. The van der Waals surface area contributed by atoms with Gasteiger partial charge in [-0.2, -0.15) is 0 Å². The van der Waals surface area contributed by atoms with Crippen molar-refractivity contribution in [1.82, 2.24) is 0 Å². The minimum Gasteiger partial charge on any atom is -0.454 e. The molecule has 146 valence electrons. The summed E-state index contributed by atoms with van der Waals surface area (Å²) in [6, 6.07) is 22.7. The van der Waals surface area contributed by atoms with Gasteiger partial charge >= 0.3 is 5.97 Å². The second kappa shape index (κ2) is 7.92. The number of hydrogen-bond donors (Lipinski definition) is 1. The standard InChI is InChI=1S/C25H23NO3/c1-16(2)17-8-11-21(12-9-17)26-24(27)19-10-13-22-20(14-19)15-23(29-25(22)28)18-6-4-3-5-7-18/h3-14,16,23H,15H2,1-2H3,(H,26,27). The van der Waals surface area contributed by atoms with E-state index in [2.05, 4.69) is 19.2 Å². The van der Waals surface area contributed by atoms with Crippen LogP contribution in [0.1, 0.15) is 63.3 Å². The van der Waals surface area contributed by atoms with Crippen molar-refractivity contribution >= 4 is 17.6 Å². The first-order chi connectivity index (χ1) is 14.0. The third-order valence-corrected chi connectivity index (χ3v) is 5.25. The topological polar surface area (TPSA) is 55.4 Å². The first-order valence-electron chi connectivity index (χ1n) is 9.81. The molecule has 1 atom stereocenters. The molecule has 0 fully saturated rings. The SMILES string of the molecule is CC(C)c1ccc(NC(=O)c2ccc3c(c2)CC(c2ccccc2)OC3=O)cc1. The number of carbonyl (C=O) groups is 2. The van der Waals surface area contributed by atoms with E-state index >= 15 is 0 Å². The number of benzene rings is 3. The largest absolute Gasteiger partial charge is 0.454 e. The van der Waals surface area contributed by atoms with Crippen molar-refractivity contribution < 1.29 is 14.3 Å². The van der Waals surface area contributed by atoms with E-state index in [1.165, 1.54) is 5.56 Å². The van der Waals surface area contributed by atoms with E-state index in [1.54, 1.807) is 18.2 Å². The lowest BCUT2D eigenvalue weighted by Crippen LogP contribution is -2.23. The Labute approximate surface area is 170 Å². The van der Waals surface area contributed by atoms with Crippen LogP contribution in [0.2, 0.25) is 0 Å². The number of hydrogen-bond acceptors (Lipinski definition) is 3. The summed E-state index contributed by atoms with van der Waals surface area (Å²) in [6.07, 6.45) is 0.216. The van der Waals surface area contributed by atoms with Crippen molar-refractivity contribution in [3.63, 3.8) is 0 Å². The summed E-state index contributed by atoms with van der Waals surface area (Å²) in [6.45, 7) is 4.27. The number of esters is 1. The number of ether oxygens (including phenoxy) is 1. The van der Waals surface area contributed by atoms with Crippen LogP contribution < -0.4 is 5.32 Å². The smallest absolute Gasteiger partial charge is 0.339 e. The molecule has 0 aliphatic carbocycles. The lowest BCUT2D eigenvalue weighted by atomic mass is 9.93. The Hall–Kier alpha value is -3.40. The lowest BCUT2D eigenvalue weighted by Gasteiger charge is -2.25. The van der Waals surface area contributed by atoms with E-state index < -0.39 is 0 Å². The van der Waals surface area contributed by atoms with E-state index in [-0.39, 0.29) is 18.0 Å². The van der Waals surface area contributed by atoms with Crippen molar-refractivity contribution in [3.05, 3.63) is 101 Å². The van der Waals surface area contributed by atoms with Crippen molar-refractivity contribution in [2.75, 3.05) is 5.32 Å². The van der Waals surface area contributed by atoms with Gasteiger partial charge in [-0.15, -0.1) is 0 Å². The predicted octanol–water partition coefficient (Wildman–Crippen LogP) is 5.52. The van der Waals surface area contributed by atoms with E-state index in [4.69, 9.17) is 4.74 Å². The van der Waals surface area contributed by atoms with Crippen LogP contribution in [-0.2, 0) is 11.2 Å². The fourth-order valence-electron chi connectivity index (χ4n) is 3.55. The molecule has 1 aliphatic rings. The van der Waals surface area contributed by atoms with E-state index in [1.807, 2.05) is 54.6 Å². The minimum atomic E-state index is -0.351. The maximum absolute atomic E-state index is 12.7. The summed E-state index contributed by atoms with van der Waals surface area (Å²) in [4.78, 5) is 25.1. The predicted molar refractivity (Wildman–Crippen MR) is 113 cm³/mol. The highest BCUT2D eigenvalue weighted by molar-refractivity contribution is 6.05. The van der Waals surface area contributed by atoms with Crippen molar-refractivity contribution in [2.24, 2.45) is 0 Å². The summed E-state index contributed by atoms with van der Waals surface area (Å²) in [7, 11) is 0. The fraction of sp³-hybridized carbons (Fsp3) is 0.200. The fourth-order valence-corrected chi connectivity index (χ4v) is 3.55. The minimum absolute atomic E-state index is 0.194. The summed E-state index contributed by atoms with van der Waals surface area (Å²) >= 11 is 0. The Balaban J connectivity index is 1.54. The number of nitrogens with one attached hydrogen (secondary N) is 1. The third kappa shape index (κ3) is 4.06. The first-order valence-corrected chi connectivity index (χ1v) is 9.81. The van der Waals surface area contributed by atoms with Gasteiger partial charge in [0, 0.05) is 17.7 Å². The number of anilines is 1. The van der Waals surface area contributed by atoms with Gasteiger partial charge in [-0.25, -0.2) is 4.79 Å². The second-order valence-electron chi connectivity index (χ2n) is 7.61. The summed E-state index contributed by atoms with van der Waals surface area (Å²) in [5.74, 6) is -0.102. The number of carbonyl (C=O) groups excluding carboxylic acids is 2. The Morgan fingerprint density at radius 2 is 1.72 bits per heavy atom. The average molecular weight is 385 g/mol. The highest BCUT2D eigenvalue weighted by Gasteiger charge is 2.28.